The van der Waals surface area contributed by atoms with Gasteiger partial charge < -0.3 is 5.32 Å². The molecule has 1 aromatic rings. The predicted octanol–water partition coefficient (Wildman–Crippen LogP) is 3.29. The average molecular weight is 232 g/mol. The summed E-state index contributed by atoms with van der Waals surface area (Å²) in [6.07, 6.45) is 5.20. The number of nitrogens with zero attached hydrogens (tertiary/aromatic N) is 1. The van der Waals surface area contributed by atoms with Crippen LogP contribution in [-0.2, 0) is 0 Å². The van der Waals surface area contributed by atoms with Gasteiger partial charge >= 0.3 is 0 Å². The molecule has 1 atom stereocenters. The maximum atomic E-state index is 10.8. The summed E-state index contributed by atoms with van der Waals surface area (Å²) < 4.78 is 0. The highest BCUT2D eigenvalue weighted by molar-refractivity contribution is 5.61. The first-order valence-electron chi connectivity index (χ1n) is 6.26. The third kappa shape index (κ3) is 1.88. The van der Waals surface area contributed by atoms with Crippen LogP contribution in [0.5, 0.6) is 0 Å². The minimum Gasteiger partial charge on any atom is -0.384 e. The van der Waals surface area contributed by atoms with Gasteiger partial charge in [0.15, 0.2) is 0 Å². The van der Waals surface area contributed by atoms with Gasteiger partial charge in [-0.15, -0.1) is 0 Å². The smallest absolute Gasteiger partial charge is 0.269 e. The van der Waals surface area contributed by atoms with Gasteiger partial charge in [0.1, 0.15) is 0 Å². The minimum atomic E-state index is -0.307. The number of hydrogen-bond acceptors (Lipinski definition) is 3. The van der Waals surface area contributed by atoms with Crippen LogP contribution in [0.15, 0.2) is 18.2 Å². The standard InChI is InChI=1S/C13H16N2O2/c16-15(17)11-4-5-13-12(7-11)10(8-14-13)6-9-2-1-3-9/h4-5,7,9-10,14H,1-3,6,8H2. The Morgan fingerprint density at radius 1 is 1.41 bits per heavy atom. The topological polar surface area (TPSA) is 55.2 Å². The summed E-state index contributed by atoms with van der Waals surface area (Å²) in [6.45, 7) is 0.938. The van der Waals surface area contributed by atoms with Crippen LogP contribution >= 0.6 is 0 Å². The highest BCUT2D eigenvalue weighted by Crippen LogP contribution is 2.41. The predicted molar refractivity (Wildman–Crippen MR) is 66.3 cm³/mol. The molecule has 1 aliphatic heterocycles. The SMILES string of the molecule is O=[N+]([O-])c1ccc2c(c1)C(CC1CCC1)CN2. The van der Waals surface area contributed by atoms with Crippen LogP contribution in [0.25, 0.3) is 0 Å². The van der Waals surface area contributed by atoms with E-state index in [1.165, 1.54) is 25.7 Å². The molecular formula is C13H16N2O2. The molecule has 1 unspecified atom stereocenters. The number of non-ortho nitro benzene ring substituents is 1. The third-order valence-electron chi connectivity index (χ3n) is 4.07. The van der Waals surface area contributed by atoms with Gasteiger partial charge in [0.05, 0.1) is 4.92 Å². The van der Waals surface area contributed by atoms with Crippen molar-refractivity contribution in [3.63, 3.8) is 0 Å². The summed E-state index contributed by atoms with van der Waals surface area (Å²) in [7, 11) is 0. The van der Waals surface area contributed by atoms with E-state index in [0.29, 0.717) is 5.92 Å². The molecule has 1 heterocycles. The second-order valence-electron chi connectivity index (χ2n) is 5.14. The fourth-order valence-electron chi connectivity index (χ4n) is 2.85. The Hall–Kier alpha value is -1.58. The van der Waals surface area contributed by atoms with Crippen LogP contribution in [0.1, 0.15) is 37.2 Å². The van der Waals surface area contributed by atoms with Gasteiger partial charge in [-0.1, -0.05) is 19.3 Å². The molecule has 2 aliphatic rings. The van der Waals surface area contributed by atoms with E-state index in [1.807, 2.05) is 6.07 Å². The molecule has 0 bridgehead atoms. The van der Waals surface area contributed by atoms with Gasteiger partial charge in [-0.25, -0.2) is 0 Å². The second kappa shape index (κ2) is 4.02. The zero-order valence-corrected chi connectivity index (χ0v) is 9.69. The highest BCUT2D eigenvalue weighted by Gasteiger charge is 2.29. The number of hydrogen-bond donors (Lipinski definition) is 1. The van der Waals surface area contributed by atoms with E-state index in [4.69, 9.17) is 0 Å². The molecule has 0 radical (unpaired) electrons. The Bertz CT molecular complexity index is 455. The molecule has 17 heavy (non-hydrogen) atoms. The van der Waals surface area contributed by atoms with Crippen LogP contribution in [0.3, 0.4) is 0 Å². The molecule has 1 saturated carbocycles. The van der Waals surface area contributed by atoms with Gasteiger partial charge in [0, 0.05) is 30.3 Å². The van der Waals surface area contributed by atoms with Crippen molar-refractivity contribution in [1.82, 2.24) is 0 Å². The van der Waals surface area contributed by atoms with Crippen molar-refractivity contribution in [2.75, 3.05) is 11.9 Å². The molecule has 1 aliphatic carbocycles. The molecule has 0 saturated heterocycles. The van der Waals surface area contributed by atoms with Gasteiger partial charge in [-0.05, 0) is 24.0 Å². The first kappa shape index (κ1) is 10.6. The van der Waals surface area contributed by atoms with Gasteiger partial charge in [0.2, 0.25) is 0 Å². The van der Waals surface area contributed by atoms with Crippen molar-refractivity contribution < 1.29 is 4.92 Å². The largest absolute Gasteiger partial charge is 0.384 e. The summed E-state index contributed by atoms with van der Waals surface area (Å²) in [4.78, 5) is 10.5. The lowest BCUT2D eigenvalue weighted by Gasteiger charge is -2.27. The summed E-state index contributed by atoms with van der Waals surface area (Å²) in [5.41, 5.74) is 2.44. The Labute approximate surface area is 100 Å². The Morgan fingerprint density at radius 2 is 2.24 bits per heavy atom. The van der Waals surface area contributed by atoms with E-state index in [1.54, 1.807) is 12.1 Å². The molecule has 1 N–H and O–H groups in total. The van der Waals surface area contributed by atoms with Crippen molar-refractivity contribution in [2.24, 2.45) is 5.92 Å². The quantitative estimate of drug-likeness (QED) is 0.642. The van der Waals surface area contributed by atoms with Crippen molar-refractivity contribution in [3.8, 4) is 0 Å². The first-order valence-corrected chi connectivity index (χ1v) is 6.26. The molecule has 0 amide bonds. The minimum absolute atomic E-state index is 0.214. The van der Waals surface area contributed by atoms with Crippen LogP contribution in [0.2, 0.25) is 0 Å². The number of fused-ring (bicyclic) bond motifs is 1. The molecule has 0 aromatic heterocycles. The van der Waals surface area contributed by atoms with E-state index in [0.717, 1.165) is 23.7 Å². The number of nitro benzene ring substituents is 1. The molecule has 0 spiro atoms. The molecule has 4 heteroatoms. The van der Waals surface area contributed by atoms with E-state index in [-0.39, 0.29) is 10.6 Å². The van der Waals surface area contributed by atoms with E-state index >= 15 is 0 Å². The molecule has 90 valence electrons. The summed E-state index contributed by atoms with van der Waals surface area (Å²) in [5, 5.41) is 14.1. The monoisotopic (exact) mass is 232 g/mol. The van der Waals surface area contributed by atoms with Crippen LogP contribution < -0.4 is 5.32 Å². The lowest BCUT2D eigenvalue weighted by atomic mass is 9.78. The summed E-state index contributed by atoms with van der Waals surface area (Å²) >= 11 is 0. The zero-order chi connectivity index (χ0) is 11.8. The van der Waals surface area contributed by atoms with E-state index < -0.39 is 0 Å². The Morgan fingerprint density at radius 3 is 2.88 bits per heavy atom. The van der Waals surface area contributed by atoms with Crippen molar-refractivity contribution in [2.45, 2.75) is 31.6 Å². The first-order chi connectivity index (χ1) is 8.24. The van der Waals surface area contributed by atoms with Gasteiger partial charge in [0.25, 0.3) is 5.69 Å². The molecule has 4 nitrogen and oxygen atoms in total. The Kier molecular flexibility index (Phi) is 2.50. The van der Waals surface area contributed by atoms with Crippen LogP contribution in [-0.4, -0.2) is 11.5 Å². The normalized spacial score (nSPS) is 22.7. The summed E-state index contributed by atoms with van der Waals surface area (Å²) in [6, 6.07) is 5.17. The van der Waals surface area contributed by atoms with Gasteiger partial charge in [-0.2, -0.15) is 0 Å². The summed E-state index contributed by atoms with van der Waals surface area (Å²) in [5.74, 6) is 1.31. The van der Waals surface area contributed by atoms with Crippen molar-refractivity contribution >= 4 is 11.4 Å². The van der Waals surface area contributed by atoms with Crippen LogP contribution in [0, 0.1) is 16.0 Å². The number of benzene rings is 1. The number of nitro groups is 1. The second-order valence-corrected chi connectivity index (χ2v) is 5.14. The molecule has 1 fully saturated rings. The average Bonchev–Trinajstić information content (AvgIpc) is 2.65. The molecular weight excluding hydrogens is 216 g/mol. The van der Waals surface area contributed by atoms with Gasteiger partial charge in [-0.3, -0.25) is 10.1 Å². The zero-order valence-electron chi connectivity index (χ0n) is 9.69. The van der Waals surface area contributed by atoms with E-state index in [9.17, 15) is 10.1 Å². The third-order valence-corrected chi connectivity index (χ3v) is 4.07. The van der Waals surface area contributed by atoms with Crippen molar-refractivity contribution in [1.29, 1.82) is 0 Å². The fraction of sp³-hybridized carbons (Fsp3) is 0.538. The highest BCUT2D eigenvalue weighted by atomic mass is 16.6. The molecule has 1 aromatic carbocycles. The van der Waals surface area contributed by atoms with Crippen LogP contribution in [0.4, 0.5) is 11.4 Å². The lowest BCUT2D eigenvalue weighted by molar-refractivity contribution is -0.384. The van der Waals surface area contributed by atoms with Crippen molar-refractivity contribution in [3.05, 3.63) is 33.9 Å². The van der Waals surface area contributed by atoms with E-state index in [2.05, 4.69) is 5.32 Å². The lowest BCUT2D eigenvalue weighted by Crippen LogP contribution is -2.16. The number of nitrogens with one attached hydrogen (secondary N) is 1. The maximum absolute atomic E-state index is 10.8. The maximum Gasteiger partial charge on any atom is 0.269 e. The fourth-order valence-corrected chi connectivity index (χ4v) is 2.85. The number of anilines is 1. The Balaban J connectivity index is 1.83. The molecule has 3 rings (SSSR count). The number of rotatable bonds is 3.